The van der Waals surface area contributed by atoms with Gasteiger partial charge in [0.2, 0.25) is 0 Å². The Morgan fingerprint density at radius 2 is 0.936 bits per heavy atom. The Bertz CT molecular complexity index is 2080. The van der Waals surface area contributed by atoms with Gasteiger partial charge in [-0.2, -0.15) is 0 Å². The van der Waals surface area contributed by atoms with Gasteiger partial charge < -0.3 is 9.80 Å². The van der Waals surface area contributed by atoms with E-state index in [1.54, 1.807) is 12.4 Å². The third-order valence-electron chi connectivity index (χ3n) is 8.54. The highest BCUT2D eigenvalue weighted by atomic mass is 15.4. The number of nitrogens with zero attached hydrogens (tertiary/aromatic N) is 6. The van der Waals surface area contributed by atoms with Crippen LogP contribution < -0.4 is 9.80 Å². The molecule has 0 atom stereocenters. The van der Waals surface area contributed by atoms with E-state index in [1.165, 1.54) is 33.6 Å². The van der Waals surface area contributed by atoms with E-state index in [1.807, 2.05) is 73.1 Å². The summed E-state index contributed by atoms with van der Waals surface area (Å²) in [6.45, 7) is 6.95. The number of anilines is 2. The first kappa shape index (κ1) is 28.2. The Kier molecular flexibility index (Phi) is 7.17. The van der Waals surface area contributed by atoms with Crippen molar-refractivity contribution in [1.29, 1.82) is 0 Å². The van der Waals surface area contributed by atoms with E-state index in [2.05, 4.69) is 91.5 Å². The minimum Gasteiger partial charge on any atom is -0.349 e. The number of pyridine rings is 4. The van der Waals surface area contributed by atoms with Crippen molar-refractivity contribution < 1.29 is 0 Å². The van der Waals surface area contributed by atoms with E-state index in [0.29, 0.717) is 0 Å². The lowest BCUT2D eigenvalue weighted by molar-refractivity contribution is 0.646. The van der Waals surface area contributed by atoms with Gasteiger partial charge in [-0.1, -0.05) is 35.8 Å². The average Bonchev–Trinajstić information content (AvgIpc) is 3.10. The van der Waals surface area contributed by atoms with Gasteiger partial charge in [-0.15, -0.1) is 0 Å². The minimum absolute atomic E-state index is 0.842. The van der Waals surface area contributed by atoms with Crippen LogP contribution in [0.5, 0.6) is 0 Å². The molecule has 0 aliphatic carbocycles. The van der Waals surface area contributed by atoms with E-state index in [0.717, 1.165) is 64.8 Å². The molecule has 6 heterocycles. The molecule has 0 saturated carbocycles. The zero-order valence-electron chi connectivity index (χ0n) is 26.2. The van der Waals surface area contributed by atoms with Crippen molar-refractivity contribution in [1.82, 2.24) is 19.9 Å². The van der Waals surface area contributed by atoms with Gasteiger partial charge in [0.25, 0.3) is 0 Å². The largest absolute Gasteiger partial charge is 0.349 e. The summed E-state index contributed by atoms with van der Waals surface area (Å²) in [6, 6.07) is 28.5. The molecular formula is C41H30N6. The van der Waals surface area contributed by atoms with Gasteiger partial charge in [-0.05, 0) is 109 Å². The minimum atomic E-state index is 0.842. The topological polar surface area (TPSA) is 58.0 Å². The molecule has 2 aliphatic heterocycles. The zero-order valence-corrected chi connectivity index (χ0v) is 26.2. The summed E-state index contributed by atoms with van der Waals surface area (Å²) in [5.41, 5.74) is 14.9. The highest BCUT2D eigenvalue weighted by Crippen LogP contribution is 2.41. The molecule has 2 aromatic carbocycles. The molecule has 0 N–H and O–H groups in total. The molecule has 0 fully saturated rings. The second-order valence-corrected chi connectivity index (χ2v) is 11.9. The van der Waals surface area contributed by atoms with Crippen LogP contribution >= 0.6 is 0 Å². The van der Waals surface area contributed by atoms with Crippen molar-refractivity contribution in [3.63, 3.8) is 0 Å². The monoisotopic (exact) mass is 606 g/mol. The smallest absolute Gasteiger partial charge is 0.0910 e. The molecule has 0 radical (unpaired) electrons. The van der Waals surface area contributed by atoms with Crippen LogP contribution in [0, 0.1) is 37.5 Å². The second-order valence-electron chi connectivity index (χ2n) is 11.9. The van der Waals surface area contributed by atoms with Gasteiger partial charge >= 0.3 is 0 Å². The summed E-state index contributed by atoms with van der Waals surface area (Å²) < 4.78 is 0. The molecule has 0 amide bonds. The molecule has 6 heteroatoms. The SMILES string of the molecule is Cc1cc(C#Cc2ccc(-c3ccccn3)nc2)cc2c1N1Cc3cc(C#Cc4ccc(-c5ccccn5)nc4)cc(C)c3N(C2)C1. The number of hydrogen-bond donors (Lipinski definition) is 0. The first-order valence-electron chi connectivity index (χ1n) is 15.6. The molecular weight excluding hydrogens is 576 g/mol. The number of fused-ring (bicyclic) bond motifs is 6. The maximum absolute atomic E-state index is 4.57. The second kappa shape index (κ2) is 11.9. The molecule has 0 saturated heterocycles. The van der Waals surface area contributed by atoms with Crippen LogP contribution in [0.1, 0.15) is 44.5 Å². The van der Waals surface area contributed by atoms with Crippen molar-refractivity contribution in [3.05, 3.63) is 154 Å². The maximum Gasteiger partial charge on any atom is 0.0910 e. The van der Waals surface area contributed by atoms with Crippen LogP contribution in [0.4, 0.5) is 11.4 Å². The molecule has 224 valence electrons. The van der Waals surface area contributed by atoms with Gasteiger partial charge in [0.15, 0.2) is 0 Å². The van der Waals surface area contributed by atoms with Gasteiger partial charge in [-0.25, -0.2) is 0 Å². The molecule has 0 spiro atoms. The molecule has 2 aliphatic rings. The summed E-state index contributed by atoms with van der Waals surface area (Å²) in [4.78, 5) is 22.9. The van der Waals surface area contributed by atoms with Gasteiger partial charge in [0.1, 0.15) is 0 Å². The van der Waals surface area contributed by atoms with Crippen molar-refractivity contribution >= 4 is 11.4 Å². The van der Waals surface area contributed by atoms with Crippen LogP contribution in [-0.2, 0) is 13.1 Å². The Morgan fingerprint density at radius 1 is 0.489 bits per heavy atom. The fourth-order valence-corrected chi connectivity index (χ4v) is 6.57. The summed E-state index contributed by atoms with van der Waals surface area (Å²) in [7, 11) is 0. The fourth-order valence-electron chi connectivity index (χ4n) is 6.57. The lowest BCUT2D eigenvalue weighted by Gasteiger charge is -2.46. The van der Waals surface area contributed by atoms with Crippen molar-refractivity contribution in [3.8, 4) is 46.5 Å². The summed E-state index contributed by atoms with van der Waals surface area (Å²) in [5, 5.41) is 0. The van der Waals surface area contributed by atoms with Crippen molar-refractivity contribution in [2.75, 3.05) is 16.5 Å². The van der Waals surface area contributed by atoms with E-state index in [9.17, 15) is 0 Å². The molecule has 6 aromatic rings. The first-order chi connectivity index (χ1) is 23.1. The standard InChI is InChI=1S/C41H30N6/c1-28-19-32(11-9-30-13-15-38(44-23-30)36-7-3-5-17-42-36)21-34-25-47-27-46(40(28)34)26-35-22-33(20-29(2)41(35)47)12-10-31-14-16-39(45-24-31)37-8-4-6-18-43-37/h3-8,13-24H,25-27H2,1-2H3. The van der Waals surface area contributed by atoms with E-state index >= 15 is 0 Å². The van der Waals surface area contributed by atoms with Crippen molar-refractivity contribution in [2.24, 2.45) is 0 Å². The normalized spacial score (nSPS) is 12.6. The zero-order chi connectivity index (χ0) is 31.7. The summed E-state index contributed by atoms with van der Waals surface area (Å²) in [6.07, 6.45) is 7.19. The van der Waals surface area contributed by atoms with E-state index < -0.39 is 0 Å². The Labute approximate surface area is 274 Å². The molecule has 8 rings (SSSR count). The Balaban J connectivity index is 1.02. The van der Waals surface area contributed by atoms with Crippen LogP contribution in [0.2, 0.25) is 0 Å². The average molecular weight is 607 g/mol. The van der Waals surface area contributed by atoms with Gasteiger partial charge in [-0.3, -0.25) is 19.9 Å². The quantitative estimate of drug-likeness (QED) is 0.193. The number of rotatable bonds is 2. The molecule has 0 unspecified atom stereocenters. The third kappa shape index (κ3) is 5.70. The van der Waals surface area contributed by atoms with Crippen LogP contribution in [0.25, 0.3) is 22.8 Å². The summed E-state index contributed by atoms with van der Waals surface area (Å²) in [5.74, 6) is 13.4. The van der Waals surface area contributed by atoms with Crippen molar-refractivity contribution in [2.45, 2.75) is 26.9 Å². The van der Waals surface area contributed by atoms with Crippen LogP contribution in [0.3, 0.4) is 0 Å². The molecule has 4 aromatic heterocycles. The number of benzene rings is 2. The Hall–Kier alpha value is -6.24. The molecule has 6 nitrogen and oxygen atoms in total. The Morgan fingerprint density at radius 3 is 1.34 bits per heavy atom. The maximum atomic E-state index is 4.57. The summed E-state index contributed by atoms with van der Waals surface area (Å²) >= 11 is 0. The molecule has 2 bridgehead atoms. The van der Waals surface area contributed by atoms with Gasteiger partial charge in [0, 0.05) is 71.5 Å². The number of aromatic nitrogens is 4. The van der Waals surface area contributed by atoms with Crippen LogP contribution in [0.15, 0.2) is 110 Å². The lowest BCUT2D eigenvalue weighted by Crippen LogP contribution is -2.46. The van der Waals surface area contributed by atoms with E-state index in [4.69, 9.17) is 0 Å². The molecule has 47 heavy (non-hydrogen) atoms. The predicted octanol–water partition coefficient (Wildman–Crippen LogP) is 7.31. The van der Waals surface area contributed by atoms with E-state index in [-0.39, 0.29) is 0 Å². The highest BCUT2D eigenvalue weighted by Gasteiger charge is 2.31. The van der Waals surface area contributed by atoms with Gasteiger partial charge in [0.05, 0.1) is 29.4 Å². The lowest BCUT2D eigenvalue weighted by atomic mass is 9.94. The number of aryl methyl sites for hydroxylation is 2. The fraction of sp³-hybridized carbons (Fsp3) is 0.122. The predicted molar refractivity (Wildman–Crippen MR) is 186 cm³/mol. The third-order valence-corrected chi connectivity index (χ3v) is 8.54. The number of hydrogen-bond acceptors (Lipinski definition) is 6. The highest BCUT2D eigenvalue weighted by molar-refractivity contribution is 5.74. The first-order valence-corrected chi connectivity index (χ1v) is 15.6. The van der Waals surface area contributed by atoms with Crippen LogP contribution in [-0.4, -0.2) is 26.6 Å².